The molecule has 0 unspecified atom stereocenters. The van der Waals surface area contributed by atoms with Crippen LogP contribution in [0.2, 0.25) is 0 Å². The molecule has 0 saturated carbocycles. The Balaban J connectivity index is 2.13. The molecule has 0 atom stereocenters. The highest BCUT2D eigenvalue weighted by Crippen LogP contribution is 2.23. The zero-order chi connectivity index (χ0) is 13.8. The van der Waals surface area contributed by atoms with E-state index < -0.39 is 4.92 Å². The highest BCUT2D eigenvalue weighted by Gasteiger charge is 2.20. The number of nitro benzene ring substituents is 1. The van der Waals surface area contributed by atoms with E-state index in [9.17, 15) is 14.9 Å². The van der Waals surface area contributed by atoms with Gasteiger partial charge >= 0.3 is 0 Å². The third-order valence-corrected chi connectivity index (χ3v) is 3.44. The summed E-state index contributed by atoms with van der Waals surface area (Å²) in [6, 6.07) is 6.24. The Kier molecular flexibility index (Phi) is 4.08. The number of nitrogens with one attached hydrogen (secondary N) is 1. The number of nitrogens with zero attached hydrogens (tertiary/aromatic N) is 1. The van der Waals surface area contributed by atoms with Crippen LogP contribution in [0.1, 0.15) is 5.56 Å². The second-order valence-electron chi connectivity index (χ2n) is 3.59. The first-order valence-corrected chi connectivity index (χ1v) is 6.45. The summed E-state index contributed by atoms with van der Waals surface area (Å²) in [6.45, 7) is 0. The van der Waals surface area contributed by atoms with E-state index >= 15 is 0 Å². The number of amides is 1. The highest BCUT2D eigenvalue weighted by atomic mass is 32.2. The number of allylic oxidation sites excluding steroid dienone is 2. The van der Waals surface area contributed by atoms with Crippen LogP contribution in [0.4, 0.5) is 5.69 Å². The summed E-state index contributed by atoms with van der Waals surface area (Å²) in [5.41, 5.74) is 0.723. The molecule has 1 heterocycles. The van der Waals surface area contributed by atoms with E-state index in [1.165, 1.54) is 23.9 Å². The standard InChI is InChI=1S/C12H8N2O3S2/c15-11-10(19-12(18)13-11)6-2-4-8-3-1-5-9(7-8)14(16)17/h1-7H,(H,13,15,18)/b4-2+,10-6+. The lowest BCUT2D eigenvalue weighted by Gasteiger charge is -1.93. The molecule has 1 aliphatic heterocycles. The molecule has 0 aromatic heterocycles. The topological polar surface area (TPSA) is 72.2 Å². The van der Waals surface area contributed by atoms with Crippen LogP contribution in [0.25, 0.3) is 6.08 Å². The molecule has 1 aromatic carbocycles. The molecule has 1 aromatic rings. The fraction of sp³-hybridized carbons (Fsp3) is 0. The number of carbonyl (C=O) groups excluding carboxylic acids is 1. The fourth-order valence-electron chi connectivity index (χ4n) is 1.42. The van der Waals surface area contributed by atoms with Crippen molar-refractivity contribution >= 4 is 46.0 Å². The van der Waals surface area contributed by atoms with Crippen molar-refractivity contribution in [2.24, 2.45) is 0 Å². The maximum atomic E-state index is 11.4. The summed E-state index contributed by atoms with van der Waals surface area (Å²) in [5, 5.41) is 13.1. The van der Waals surface area contributed by atoms with E-state index in [-0.39, 0.29) is 11.6 Å². The van der Waals surface area contributed by atoms with Gasteiger partial charge in [0.05, 0.1) is 9.83 Å². The maximum Gasteiger partial charge on any atom is 0.270 e. The van der Waals surface area contributed by atoms with Crippen LogP contribution in [0.15, 0.2) is 41.3 Å². The normalized spacial score (nSPS) is 17.2. The van der Waals surface area contributed by atoms with Crippen molar-refractivity contribution in [2.45, 2.75) is 0 Å². The van der Waals surface area contributed by atoms with Crippen molar-refractivity contribution < 1.29 is 9.72 Å². The van der Waals surface area contributed by atoms with Gasteiger partial charge in [-0.2, -0.15) is 0 Å². The maximum absolute atomic E-state index is 11.4. The van der Waals surface area contributed by atoms with Crippen molar-refractivity contribution in [1.29, 1.82) is 0 Å². The van der Waals surface area contributed by atoms with Gasteiger partial charge in [0.1, 0.15) is 4.32 Å². The van der Waals surface area contributed by atoms with Gasteiger partial charge < -0.3 is 5.32 Å². The van der Waals surface area contributed by atoms with Crippen LogP contribution in [0, 0.1) is 10.1 Å². The number of thioether (sulfide) groups is 1. The van der Waals surface area contributed by atoms with E-state index in [1.54, 1.807) is 30.4 Å². The zero-order valence-corrected chi connectivity index (χ0v) is 11.2. The van der Waals surface area contributed by atoms with E-state index in [4.69, 9.17) is 12.2 Å². The van der Waals surface area contributed by atoms with Crippen LogP contribution in [-0.2, 0) is 4.79 Å². The largest absolute Gasteiger partial charge is 0.307 e. The molecule has 2 rings (SSSR count). The number of nitro groups is 1. The van der Waals surface area contributed by atoms with Gasteiger partial charge in [-0.05, 0) is 11.6 Å². The molecule has 0 bridgehead atoms. The molecule has 5 nitrogen and oxygen atoms in total. The molecule has 1 N–H and O–H groups in total. The Bertz CT molecular complexity index is 623. The van der Waals surface area contributed by atoms with E-state index in [0.29, 0.717) is 14.8 Å². The first-order chi connectivity index (χ1) is 9.06. The molecule has 0 radical (unpaired) electrons. The SMILES string of the molecule is O=C1NC(=S)S/C1=C/C=C/c1cccc([N+](=O)[O-])c1. The first kappa shape index (κ1) is 13.4. The molecule has 0 spiro atoms. The quantitative estimate of drug-likeness (QED) is 0.401. The molecule has 1 amide bonds. The minimum absolute atomic E-state index is 0.0314. The summed E-state index contributed by atoms with van der Waals surface area (Å²) >= 11 is 6.04. The second kappa shape index (κ2) is 5.77. The van der Waals surface area contributed by atoms with E-state index in [2.05, 4.69) is 5.32 Å². The third kappa shape index (κ3) is 3.49. The Labute approximate surface area is 118 Å². The van der Waals surface area contributed by atoms with Crippen molar-refractivity contribution in [3.05, 3.63) is 57.0 Å². The predicted molar refractivity (Wildman–Crippen MR) is 78.5 cm³/mol. The Morgan fingerprint density at radius 2 is 2.21 bits per heavy atom. The lowest BCUT2D eigenvalue weighted by molar-refractivity contribution is -0.384. The van der Waals surface area contributed by atoms with E-state index in [1.807, 2.05) is 0 Å². The van der Waals surface area contributed by atoms with Crippen molar-refractivity contribution in [1.82, 2.24) is 5.32 Å². The molecule has 1 fully saturated rings. The average Bonchev–Trinajstić information content (AvgIpc) is 2.68. The lowest BCUT2D eigenvalue weighted by atomic mass is 10.2. The Hall–Kier alpha value is -1.99. The van der Waals surface area contributed by atoms with Crippen LogP contribution < -0.4 is 5.32 Å². The molecule has 1 saturated heterocycles. The third-order valence-electron chi connectivity index (χ3n) is 2.26. The van der Waals surface area contributed by atoms with Crippen LogP contribution in [0.5, 0.6) is 0 Å². The average molecular weight is 292 g/mol. The number of hydrogen-bond acceptors (Lipinski definition) is 5. The smallest absolute Gasteiger partial charge is 0.270 e. The molecule has 0 aliphatic carbocycles. The number of rotatable bonds is 3. The minimum Gasteiger partial charge on any atom is -0.307 e. The molecular weight excluding hydrogens is 284 g/mol. The lowest BCUT2D eigenvalue weighted by Crippen LogP contribution is -2.17. The number of thiocarbonyl (C=S) groups is 1. The van der Waals surface area contributed by atoms with Gasteiger partial charge in [0, 0.05) is 12.1 Å². The Morgan fingerprint density at radius 1 is 1.42 bits per heavy atom. The number of non-ortho nitro benzene ring substituents is 1. The fourth-order valence-corrected chi connectivity index (χ4v) is 2.42. The number of hydrogen-bond donors (Lipinski definition) is 1. The van der Waals surface area contributed by atoms with Crippen molar-refractivity contribution in [2.75, 3.05) is 0 Å². The van der Waals surface area contributed by atoms with Gasteiger partial charge in [-0.15, -0.1) is 0 Å². The summed E-state index contributed by atoms with van der Waals surface area (Å²) < 4.78 is 0.431. The van der Waals surface area contributed by atoms with Crippen LogP contribution >= 0.6 is 24.0 Å². The van der Waals surface area contributed by atoms with Crippen molar-refractivity contribution in [3.63, 3.8) is 0 Å². The van der Waals surface area contributed by atoms with Crippen LogP contribution in [-0.4, -0.2) is 15.2 Å². The Morgan fingerprint density at radius 3 is 2.84 bits per heavy atom. The van der Waals surface area contributed by atoms with Crippen LogP contribution in [0.3, 0.4) is 0 Å². The van der Waals surface area contributed by atoms with Gasteiger partial charge in [-0.1, -0.05) is 48.3 Å². The summed E-state index contributed by atoms with van der Waals surface area (Å²) in [5.74, 6) is -0.223. The molecular formula is C12H8N2O3S2. The van der Waals surface area contributed by atoms with Gasteiger partial charge in [-0.3, -0.25) is 14.9 Å². The number of carbonyl (C=O) groups is 1. The van der Waals surface area contributed by atoms with Gasteiger partial charge in [0.15, 0.2) is 0 Å². The van der Waals surface area contributed by atoms with Crippen molar-refractivity contribution in [3.8, 4) is 0 Å². The van der Waals surface area contributed by atoms with Gasteiger partial charge in [-0.25, -0.2) is 0 Å². The molecule has 19 heavy (non-hydrogen) atoms. The summed E-state index contributed by atoms with van der Waals surface area (Å²) in [6.07, 6.45) is 4.97. The van der Waals surface area contributed by atoms with Gasteiger partial charge in [0.25, 0.3) is 11.6 Å². The molecule has 96 valence electrons. The van der Waals surface area contributed by atoms with Gasteiger partial charge in [0.2, 0.25) is 0 Å². The second-order valence-corrected chi connectivity index (χ2v) is 5.30. The summed E-state index contributed by atoms with van der Waals surface area (Å²) in [4.78, 5) is 22.0. The summed E-state index contributed by atoms with van der Waals surface area (Å²) in [7, 11) is 0. The monoisotopic (exact) mass is 292 g/mol. The number of benzene rings is 1. The van der Waals surface area contributed by atoms with E-state index in [0.717, 1.165) is 0 Å². The zero-order valence-electron chi connectivity index (χ0n) is 9.53. The minimum atomic E-state index is -0.450. The molecule has 7 heteroatoms. The first-order valence-electron chi connectivity index (χ1n) is 5.22. The highest BCUT2D eigenvalue weighted by molar-refractivity contribution is 8.26. The predicted octanol–water partition coefficient (Wildman–Crippen LogP) is 2.64. The molecule has 1 aliphatic rings.